The summed E-state index contributed by atoms with van der Waals surface area (Å²) in [5.74, 6) is 0.127. The molecule has 4 heteroatoms. The molecule has 0 aromatic heterocycles. The van der Waals surface area contributed by atoms with Gasteiger partial charge in [-0.1, -0.05) is 83.5 Å². The second-order valence-corrected chi connectivity index (χ2v) is 8.94. The third-order valence-corrected chi connectivity index (χ3v) is 5.32. The Labute approximate surface area is 175 Å². The number of rotatable bonds is 4. The molecule has 1 aliphatic heterocycles. The van der Waals surface area contributed by atoms with Crippen molar-refractivity contribution in [3.63, 3.8) is 0 Å². The maximum Gasteiger partial charge on any atom is 0.230 e. The van der Waals surface area contributed by atoms with Crippen LogP contribution in [0.4, 0.5) is 5.69 Å². The Balaban J connectivity index is 0.000000207. The summed E-state index contributed by atoms with van der Waals surface area (Å²) in [7, 11) is 0. The van der Waals surface area contributed by atoms with E-state index in [0.717, 1.165) is 43.5 Å². The van der Waals surface area contributed by atoms with Crippen molar-refractivity contribution in [3.05, 3.63) is 65.4 Å². The van der Waals surface area contributed by atoms with Gasteiger partial charge in [-0.3, -0.25) is 9.59 Å². The lowest BCUT2D eigenvalue weighted by Crippen LogP contribution is -2.29. The molecule has 29 heavy (non-hydrogen) atoms. The quantitative estimate of drug-likeness (QED) is 0.659. The highest BCUT2D eigenvalue weighted by Crippen LogP contribution is 2.31. The second kappa shape index (κ2) is 9.73. The van der Waals surface area contributed by atoms with E-state index in [1.807, 2.05) is 32.0 Å². The third-order valence-electron chi connectivity index (χ3n) is 5.32. The van der Waals surface area contributed by atoms with Crippen molar-refractivity contribution in [1.29, 1.82) is 0 Å². The summed E-state index contributed by atoms with van der Waals surface area (Å²) in [6, 6.07) is 8.02. The molecule has 156 valence electrons. The Morgan fingerprint density at radius 2 is 1.90 bits per heavy atom. The number of benzene rings is 1. The van der Waals surface area contributed by atoms with Crippen molar-refractivity contribution >= 4 is 18.0 Å². The standard InChI is InChI=1S/C13H19NO.C12H15NO/c1-4-6-11-7-5-8-13(2,3)9-12(11)14-10-15;1-12(2)8-7-9-5-3-4-6-10(9)13-11(12)14/h5,7-10H,4,6H2,1-3H3,(H,14,15);3-6H,7-8H2,1-2H3,(H,13,14). The van der Waals surface area contributed by atoms with E-state index in [0.29, 0.717) is 0 Å². The molecular weight excluding hydrogens is 360 g/mol. The van der Waals surface area contributed by atoms with Gasteiger partial charge in [-0.25, -0.2) is 0 Å². The number of hydrogen-bond donors (Lipinski definition) is 2. The van der Waals surface area contributed by atoms with E-state index < -0.39 is 0 Å². The Bertz CT molecular complexity index is 829. The van der Waals surface area contributed by atoms with E-state index in [1.54, 1.807) is 0 Å². The minimum atomic E-state index is -0.251. The Morgan fingerprint density at radius 1 is 1.17 bits per heavy atom. The van der Waals surface area contributed by atoms with E-state index in [2.05, 4.69) is 61.8 Å². The molecule has 0 fully saturated rings. The van der Waals surface area contributed by atoms with Gasteiger partial charge in [0.15, 0.2) is 0 Å². The first-order valence-corrected chi connectivity index (χ1v) is 10.4. The lowest BCUT2D eigenvalue weighted by Gasteiger charge is -2.19. The van der Waals surface area contributed by atoms with Crippen LogP contribution in [-0.4, -0.2) is 12.3 Å². The van der Waals surface area contributed by atoms with E-state index in [4.69, 9.17) is 0 Å². The van der Waals surface area contributed by atoms with Gasteiger partial charge < -0.3 is 10.6 Å². The van der Waals surface area contributed by atoms with Crippen LogP contribution in [0, 0.1) is 10.8 Å². The summed E-state index contributed by atoms with van der Waals surface area (Å²) in [6.07, 6.45) is 13.1. The lowest BCUT2D eigenvalue weighted by atomic mass is 9.87. The van der Waals surface area contributed by atoms with Crippen LogP contribution in [0.2, 0.25) is 0 Å². The van der Waals surface area contributed by atoms with Crippen LogP contribution < -0.4 is 10.6 Å². The Morgan fingerprint density at radius 3 is 2.59 bits per heavy atom. The molecule has 0 spiro atoms. The SMILES string of the molecule is CC1(C)CCc2ccccc2NC1=O.CCCC1=CC=CC(C)(C)C=C1NC=O. The average Bonchev–Trinajstić information content (AvgIpc) is 2.87. The summed E-state index contributed by atoms with van der Waals surface area (Å²) >= 11 is 0. The predicted molar refractivity (Wildman–Crippen MR) is 120 cm³/mol. The van der Waals surface area contributed by atoms with Crippen LogP contribution in [0.3, 0.4) is 0 Å². The van der Waals surface area contributed by atoms with E-state index in [1.165, 1.54) is 11.1 Å². The van der Waals surface area contributed by atoms with Crippen molar-refractivity contribution in [1.82, 2.24) is 5.32 Å². The van der Waals surface area contributed by atoms with Crippen molar-refractivity contribution < 1.29 is 9.59 Å². The van der Waals surface area contributed by atoms with Crippen LogP contribution in [-0.2, 0) is 16.0 Å². The van der Waals surface area contributed by atoms with Gasteiger partial charge in [0.25, 0.3) is 0 Å². The first-order valence-electron chi connectivity index (χ1n) is 10.4. The van der Waals surface area contributed by atoms with Crippen molar-refractivity contribution in [3.8, 4) is 0 Å². The first kappa shape index (κ1) is 22.7. The number of nitrogens with one attached hydrogen (secondary N) is 2. The zero-order valence-corrected chi connectivity index (χ0v) is 18.3. The fraction of sp³-hybridized carbons (Fsp3) is 0.440. The molecule has 0 atom stereocenters. The van der Waals surface area contributed by atoms with Crippen LogP contribution in [0.15, 0.2) is 59.8 Å². The zero-order valence-electron chi connectivity index (χ0n) is 18.3. The molecule has 1 aromatic carbocycles. The number of aryl methyl sites for hydroxylation is 1. The number of anilines is 1. The van der Waals surface area contributed by atoms with E-state index >= 15 is 0 Å². The van der Waals surface area contributed by atoms with Crippen LogP contribution in [0.25, 0.3) is 0 Å². The van der Waals surface area contributed by atoms with Gasteiger partial charge in [-0.15, -0.1) is 0 Å². The molecule has 1 aromatic rings. The topological polar surface area (TPSA) is 58.2 Å². The van der Waals surface area contributed by atoms with Crippen LogP contribution in [0.5, 0.6) is 0 Å². The fourth-order valence-electron chi connectivity index (χ4n) is 3.41. The molecule has 1 aliphatic carbocycles. The highest BCUT2D eigenvalue weighted by atomic mass is 16.2. The molecule has 0 saturated heterocycles. The van der Waals surface area contributed by atoms with Gasteiger partial charge in [0.05, 0.1) is 0 Å². The Kier molecular flexibility index (Phi) is 7.60. The number of carbonyl (C=O) groups is 2. The van der Waals surface area contributed by atoms with Crippen LogP contribution >= 0.6 is 0 Å². The molecule has 0 unspecified atom stereocenters. The maximum atomic E-state index is 11.8. The smallest absolute Gasteiger partial charge is 0.230 e. The fourth-order valence-corrected chi connectivity index (χ4v) is 3.41. The summed E-state index contributed by atoms with van der Waals surface area (Å²) < 4.78 is 0. The zero-order chi connectivity index (χ0) is 21.5. The highest BCUT2D eigenvalue weighted by molar-refractivity contribution is 5.96. The van der Waals surface area contributed by atoms with Crippen molar-refractivity contribution in [2.75, 3.05) is 5.32 Å². The number of allylic oxidation sites excluding steroid dienone is 5. The molecule has 2 aliphatic rings. The molecule has 3 rings (SSSR count). The average molecular weight is 395 g/mol. The molecular formula is C25H34N2O2. The predicted octanol–water partition coefficient (Wildman–Crippen LogP) is 5.54. The van der Waals surface area contributed by atoms with Gasteiger partial charge in [-0.05, 0) is 36.5 Å². The second-order valence-electron chi connectivity index (χ2n) is 8.94. The van der Waals surface area contributed by atoms with E-state index in [9.17, 15) is 9.59 Å². The summed E-state index contributed by atoms with van der Waals surface area (Å²) in [6.45, 7) is 10.4. The van der Waals surface area contributed by atoms with Crippen molar-refractivity contribution in [2.45, 2.75) is 60.3 Å². The molecule has 2 amide bonds. The number of amides is 2. The maximum absolute atomic E-state index is 11.8. The summed E-state index contributed by atoms with van der Waals surface area (Å²) in [5, 5.41) is 5.76. The number of fused-ring (bicyclic) bond motifs is 1. The normalized spacial score (nSPS) is 19.1. The molecule has 0 bridgehead atoms. The third kappa shape index (κ3) is 6.45. The summed E-state index contributed by atoms with van der Waals surface area (Å²) in [4.78, 5) is 22.3. The number of para-hydroxylation sites is 1. The summed E-state index contributed by atoms with van der Waals surface area (Å²) in [5.41, 5.74) is 4.11. The van der Waals surface area contributed by atoms with Gasteiger partial charge >= 0.3 is 0 Å². The van der Waals surface area contributed by atoms with Gasteiger partial charge in [0.2, 0.25) is 12.3 Å². The number of carbonyl (C=O) groups excluding carboxylic acids is 2. The van der Waals surface area contributed by atoms with Crippen molar-refractivity contribution in [2.24, 2.45) is 10.8 Å². The molecule has 4 nitrogen and oxygen atoms in total. The highest BCUT2D eigenvalue weighted by Gasteiger charge is 2.30. The van der Waals surface area contributed by atoms with Gasteiger partial charge in [-0.2, -0.15) is 0 Å². The monoisotopic (exact) mass is 394 g/mol. The molecule has 2 N–H and O–H groups in total. The minimum Gasteiger partial charge on any atom is -0.329 e. The molecule has 0 saturated carbocycles. The minimum absolute atomic E-state index is 0.00264. The Hall–Kier alpha value is -2.62. The van der Waals surface area contributed by atoms with Gasteiger partial charge in [0, 0.05) is 22.2 Å². The first-order chi connectivity index (χ1) is 13.7. The largest absolute Gasteiger partial charge is 0.329 e. The number of hydrogen-bond acceptors (Lipinski definition) is 2. The van der Waals surface area contributed by atoms with Crippen LogP contribution in [0.1, 0.15) is 59.4 Å². The lowest BCUT2D eigenvalue weighted by molar-refractivity contribution is -0.124. The molecule has 1 heterocycles. The van der Waals surface area contributed by atoms with Gasteiger partial charge in [0.1, 0.15) is 0 Å². The van der Waals surface area contributed by atoms with E-state index in [-0.39, 0.29) is 16.7 Å². The molecule has 0 radical (unpaired) electrons.